The molecule has 1 aromatic carbocycles. The topological polar surface area (TPSA) is 84.3 Å². The summed E-state index contributed by atoms with van der Waals surface area (Å²) in [5.41, 5.74) is 1.21. The Morgan fingerprint density at radius 2 is 2.32 bits per heavy atom. The van der Waals surface area contributed by atoms with Crippen LogP contribution < -0.4 is 5.69 Å². The van der Waals surface area contributed by atoms with Gasteiger partial charge in [-0.05, 0) is 31.5 Å². The van der Waals surface area contributed by atoms with Crippen molar-refractivity contribution >= 4 is 17.0 Å². The van der Waals surface area contributed by atoms with Gasteiger partial charge in [0.1, 0.15) is 0 Å². The molecule has 0 saturated carbocycles. The van der Waals surface area contributed by atoms with Crippen molar-refractivity contribution in [1.82, 2.24) is 9.55 Å². The van der Waals surface area contributed by atoms with Crippen molar-refractivity contribution in [3.05, 3.63) is 34.2 Å². The zero-order valence-corrected chi connectivity index (χ0v) is 10.4. The molecule has 100 valence electrons. The molecule has 1 aromatic heterocycles. The molecule has 2 atom stereocenters. The van der Waals surface area contributed by atoms with E-state index in [2.05, 4.69) is 4.98 Å². The van der Waals surface area contributed by atoms with Gasteiger partial charge in [-0.15, -0.1) is 0 Å². The van der Waals surface area contributed by atoms with E-state index in [-0.39, 0.29) is 23.4 Å². The zero-order chi connectivity index (χ0) is 13.6. The number of H-pyrrole nitrogens is 1. The first-order valence-electron chi connectivity index (χ1n) is 6.17. The summed E-state index contributed by atoms with van der Waals surface area (Å²) < 4.78 is 7.15. The van der Waals surface area contributed by atoms with Gasteiger partial charge < -0.3 is 14.8 Å². The van der Waals surface area contributed by atoms with Gasteiger partial charge in [-0.25, -0.2) is 9.59 Å². The molecule has 2 unspecified atom stereocenters. The van der Waals surface area contributed by atoms with Gasteiger partial charge in [-0.1, -0.05) is 0 Å². The second-order valence-electron chi connectivity index (χ2n) is 4.77. The quantitative estimate of drug-likeness (QED) is 0.856. The number of nitrogens with zero attached hydrogens (tertiary/aromatic N) is 1. The van der Waals surface area contributed by atoms with Crippen LogP contribution in [0.3, 0.4) is 0 Å². The minimum Gasteiger partial charge on any atom is -0.478 e. The number of hydrogen-bond donors (Lipinski definition) is 2. The highest BCUT2D eigenvalue weighted by atomic mass is 16.5. The van der Waals surface area contributed by atoms with Crippen LogP contribution in [-0.2, 0) is 4.74 Å². The largest absolute Gasteiger partial charge is 0.478 e. The van der Waals surface area contributed by atoms with Crippen molar-refractivity contribution in [3.8, 4) is 0 Å². The van der Waals surface area contributed by atoms with Crippen LogP contribution in [0.2, 0.25) is 0 Å². The van der Waals surface area contributed by atoms with Crippen molar-refractivity contribution in [2.45, 2.75) is 25.5 Å². The third kappa shape index (κ3) is 1.84. The van der Waals surface area contributed by atoms with E-state index in [4.69, 9.17) is 9.84 Å². The molecule has 1 aliphatic rings. The van der Waals surface area contributed by atoms with Crippen LogP contribution in [0.1, 0.15) is 29.7 Å². The molecule has 1 fully saturated rings. The van der Waals surface area contributed by atoms with Gasteiger partial charge >= 0.3 is 11.7 Å². The number of carboxylic acid groups (broad SMARTS) is 1. The van der Waals surface area contributed by atoms with Gasteiger partial charge in [-0.3, -0.25) is 4.57 Å². The van der Waals surface area contributed by atoms with Crippen molar-refractivity contribution in [2.75, 3.05) is 6.61 Å². The highest BCUT2D eigenvalue weighted by molar-refractivity contribution is 5.92. The van der Waals surface area contributed by atoms with Crippen LogP contribution in [0, 0.1) is 0 Å². The Bertz CT molecular complexity index is 700. The molecule has 1 saturated heterocycles. The number of imidazole rings is 1. The lowest BCUT2D eigenvalue weighted by Gasteiger charge is -2.15. The standard InChI is InChI=1S/C13H14N2O4/c1-7-10(4-5-19-7)15-11-3-2-8(12(16)17)6-9(11)14-13(15)18/h2-3,6-7,10H,4-5H2,1H3,(H,14,18)(H,16,17). The number of hydrogen-bond acceptors (Lipinski definition) is 3. The number of nitrogens with one attached hydrogen (secondary N) is 1. The van der Waals surface area contributed by atoms with E-state index in [0.717, 1.165) is 11.9 Å². The Morgan fingerprint density at radius 3 is 2.95 bits per heavy atom. The number of rotatable bonds is 2. The van der Waals surface area contributed by atoms with Crippen molar-refractivity contribution in [2.24, 2.45) is 0 Å². The van der Waals surface area contributed by atoms with Gasteiger partial charge in [0, 0.05) is 6.61 Å². The third-order valence-electron chi connectivity index (χ3n) is 3.63. The monoisotopic (exact) mass is 262 g/mol. The van der Waals surface area contributed by atoms with Crippen molar-refractivity contribution < 1.29 is 14.6 Å². The van der Waals surface area contributed by atoms with Gasteiger partial charge in [0.2, 0.25) is 0 Å². The molecule has 3 rings (SSSR count). The Kier molecular flexibility index (Phi) is 2.67. The van der Waals surface area contributed by atoms with Gasteiger partial charge in [0.15, 0.2) is 0 Å². The maximum Gasteiger partial charge on any atom is 0.335 e. The molecule has 0 spiro atoms. The van der Waals surface area contributed by atoms with E-state index in [9.17, 15) is 9.59 Å². The van der Waals surface area contributed by atoms with Crippen molar-refractivity contribution in [1.29, 1.82) is 0 Å². The highest BCUT2D eigenvalue weighted by Crippen LogP contribution is 2.27. The molecule has 0 radical (unpaired) electrons. The maximum absolute atomic E-state index is 12.1. The number of carboxylic acids is 1. The maximum atomic E-state index is 12.1. The molecule has 6 heteroatoms. The molecule has 2 heterocycles. The SMILES string of the molecule is CC1OCCC1n1c(=O)[nH]c2cc(C(=O)O)ccc21. The summed E-state index contributed by atoms with van der Waals surface area (Å²) in [4.78, 5) is 25.7. The summed E-state index contributed by atoms with van der Waals surface area (Å²) in [6, 6.07) is 4.66. The average Bonchev–Trinajstić information content (AvgIpc) is 2.90. The number of ether oxygens (including phenoxy) is 1. The van der Waals surface area contributed by atoms with E-state index in [0.29, 0.717) is 12.1 Å². The summed E-state index contributed by atoms with van der Waals surface area (Å²) >= 11 is 0. The smallest absolute Gasteiger partial charge is 0.335 e. The molecule has 6 nitrogen and oxygen atoms in total. The Labute approximate surface area is 108 Å². The van der Waals surface area contributed by atoms with Gasteiger partial charge in [0.25, 0.3) is 0 Å². The molecule has 0 aliphatic carbocycles. The predicted octanol–water partition coefficient (Wildman–Crippen LogP) is 1.38. The van der Waals surface area contributed by atoms with Crippen LogP contribution in [0.25, 0.3) is 11.0 Å². The normalized spacial score (nSPS) is 23.0. The Balaban J connectivity index is 2.17. The van der Waals surface area contributed by atoms with E-state index >= 15 is 0 Å². The lowest BCUT2D eigenvalue weighted by molar-refractivity contribution is 0.0697. The third-order valence-corrected chi connectivity index (χ3v) is 3.63. The van der Waals surface area contributed by atoms with Crippen LogP contribution in [0.4, 0.5) is 0 Å². The lowest BCUT2D eigenvalue weighted by atomic mass is 10.1. The highest BCUT2D eigenvalue weighted by Gasteiger charge is 2.28. The second-order valence-corrected chi connectivity index (χ2v) is 4.77. The Morgan fingerprint density at radius 1 is 1.53 bits per heavy atom. The number of fused-ring (bicyclic) bond motifs is 1. The molecule has 2 N–H and O–H groups in total. The number of aromatic nitrogens is 2. The molecule has 0 amide bonds. The minimum atomic E-state index is -1.01. The molecule has 2 aromatic rings. The average molecular weight is 262 g/mol. The summed E-state index contributed by atoms with van der Waals surface area (Å²) in [5.74, 6) is -1.01. The molecule has 1 aliphatic heterocycles. The van der Waals surface area contributed by atoms with Crippen LogP contribution >= 0.6 is 0 Å². The molecular weight excluding hydrogens is 248 g/mol. The molecular formula is C13H14N2O4. The predicted molar refractivity (Wildman–Crippen MR) is 68.6 cm³/mol. The summed E-state index contributed by atoms with van der Waals surface area (Å²) in [6.45, 7) is 2.58. The number of aromatic amines is 1. The van der Waals surface area contributed by atoms with E-state index in [1.54, 1.807) is 10.6 Å². The number of carbonyl (C=O) groups is 1. The Hall–Kier alpha value is -2.08. The minimum absolute atomic E-state index is 0.00284. The van der Waals surface area contributed by atoms with Crippen LogP contribution in [0.5, 0.6) is 0 Å². The molecule has 19 heavy (non-hydrogen) atoms. The summed E-state index contributed by atoms with van der Waals surface area (Å²) in [6.07, 6.45) is 0.769. The fourth-order valence-corrected chi connectivity index (χ4v) is 2.65. The number of benzene rings is 1. The van der Waals surface area contributed by atoms with Gasteiger partial charge in [-0.2, -0.15) is 0 Å². The molecule has 0 bridgehead atoms. The first kappa shape index (κ1) is 12.0. The lowest BCUT2D eigenvalue weighted by Crippen LogP contribution is -2.26. The zero-order valence-electron chi connectivity index (χ0n) is 10.4. The fraction of sp³-hybridized carbons (Fsp3) is 0.385. The van der Waals surface area contributed by atoms with Crippen LogP contribution in [0.15, 0.2) is 23.0 Å². The summed E-state index contributed by atoms with van der Waals surface area (Å²) in [5, 5.41) is 8.96. The van der Waals surface area contributed by atoms with Crippen LogP contribution in [-0.4, -0.2) is 33.3 Å². The van der Waals surface area contributed by atoms with Gasteiger partial charge in [0.05, 0.1) is 28.7 Å². The first-order chi connectivity index (χ1) is 9.08. The fourth-order valence-electron chi connectivity index (χ4n) is 2.65. The van der Waals surface area contributed by atoms with E-state index in [1.807, 2.05) is 6.92 Å². The first-order valence-corrected chi connectivity index (χ1v) is 6.17. The van der Waals surface area contributed by atoms with Crippen molar-refractivity contribution in [3.63, 3.8) is 0 Å². The summed E-state index contributed by atoms with van der Waals surface area (Å²) in [7, 11) is 0. The van der Waals surface area contributed by atoms with E-state index in [1.165, 1.54) is 12.1 Å². The van der Waals surface area contributed by atoms with E-state index < -0.39 is 5.97 Å². The number of aromatic carboxylic acids is 1. The second kappa shape index (κ2) is 4.24.